The number of carbonyl (C=O) groups excluding carboxylic acids is 1. The van der Waals surface area contributed by atoms with Gasteiger partial charge < -0.3 is 5.32 Å². The summed E-state index contributed by atoms with van der Waals surface area (Å²) in [5.74, 6) is 2.19. The third kappa shape index (κ3) is 3.36. The Morgan fingerprint density at radius 2 is 2.00 bits per heavy atom. The number of amides is 1. The molecule has 5 rings (SSSR count). The number of hydrogen-bond acceptors (Lipinski definition) is 4. The molecule has 6 nitrogen and oxygen atoms in total. The summed E-state index contributed by atoms with van der Waals surface area (Å²) in [6, 6.07) is 6.95. The van der Waals surface area contributed by atoms with E-state index in [1.54, 1.807) is 10.7 Å². The molecule has 27 heavy (non-hydrogen) atoms. The van der Waals surface area contributed by atoms with Crippen LogP contribution in [0.2, 0.25) is 0 Å². The molecule has 0 bridgehead atoms. The van der Waals surface area contributed by atoms with Gasteiger partial charge in [0.25, 0.3) is 0 Å². The predicted octanol–water partition coefficient (Wildman–Crippen LogP) is 2.00. The zero-order valence-electron chi connectivity index (χ0n) is 15.3. The molecule has 0 unspecified atom stereocenters. The summed E-state index contributed by atoms with van der Waals surface area (Å²) >= 11 is 0. The Labute approximate surface area is 157 Å². The normalized spacial score (nSPS) is 22.3. The van der Waals surface area contributed by atoms with Gasteiger partial charge in [-0.2, -0.15) is 5.10 Å². The second kappa shape index (κ2) is 6.41. The minimum Gasteiger partial charge on any atom is -0.349 e. The first-order valence-electron chi connectivity index (χ1n) is 9.81. The summed E-state index contributed by atoms with van der Waals surface area (Å²) in [5.41, 5.74) is 0.470. The van der Waals surface area contributed by atoms with E-state index < -0.39 is 0 Å². The molecule has 1 N–H and O–H groups in total. The van der Waals surface area contributed by atoms with Crippen LogP contribution in [-0.4, -0.2) is 44.2 Å². The van der Waals surface area contributed by atoms with E-state index in [-0.39, 0.29) is 23.8 Å². The maximum absolute atomic E-state index is 13.9. The molecule has 2 aromatic rings. The molecule has 7 heteroatoms. The van der Waals surface area contributed by atoms with Crippen molar-refractivity contribution in [1.29, 1.82) is 0 Å². The van der Waals surface area contributed by atoms with E-state index in [0.29, 0.717) is 12.5 Å². The Kier molecular flexibility index (Phi) is 4.00. The van der Waals surface area contributed by atoms with Crippen LogP contribution in [0.4, 0.5) is 4.39 Å². The largest absolute Gasteiger partial charge is 0.349 e. The highest BCUT2D eigenvalue weighted by molar-refractivity contribution is 5.77. The first kappa shape index (κ1) is 16.9. The highest BCUT2D eigenvalue weighted by Gasteiger charge is 2.40. The number of rotatable bonds is 3. The molecule has 1 aromatic carbocycles. The lowest BCUT2D eigenvalue weighted by Gasteiger charge is -2.41. The minimum atomic E-state index is -0.259. The van der Waals surface area contributed by atoms with Crippen LogP contribution in [0.25, 0.3) is 0 Å². The monoisotopic (exact) mass is 369 g/mol. The van der Waals surface area contributed by atoms with Gasteiger partial charge in [0.1, 0.15) is 18.2 Å². The second-order valence-corrected chi connectivity index (χ2v) is 8.19. The fraction of sp³-hybridized carbons (Fsp3) is 0.550. The number of halogens is 1. The molecule has 142 valence electrons. The van der Waals surface area contributed by atoms with Gasteiger partial charge in [0.05, 0.1) is 0 Å². The van der Waals surface area contributed by atoms with Gasteiger partial charge >= 0.3 is 0 Å². The van der Waals surface area contributed by atoms with Gasteiger partial charge in [-0.25, -0.2) is 14.1 Å². The number of benzene rings is 1. The minimum absolute atomic E-state index is 0.0172. The highest BCUT2D eigenvalue weighted by Crippen LogP contribution is 2.39. The Morgan fingerprint density at radius 1 is 1.22 bits per heavy atom. The number of carbonyl (C=O) groups is 1. The number of fused-ring (bicyclic) bond motifs is 1. The SMILES string of the molecule is O=C1Cn2nc(C3CC3)nc2CC2(CCN(Cc3ccccc3F)CC2)N1. The Morgan fingerprint density at radius 3 is 2.74 bits per heavy atom. The molecule has 2 fully saturated rings. The summed E-state index contributed by atoms with van der Waals surface area (Å²) in [5, 5.41) is 7.82. The lowest BCUT2D eigenvalue weighted by molar-refractivity contribution is -0.123. The quantitative estimate of drug-likeness (QED) is 0.899. The molecule has 2 aliphatic heterocycles. The maximum Gasteiger partial charge on any atom is 0.242 e. The molecular formula is C20H24FN5O. The fourth-order valence-electron chi connectivity index (χ4n) is 4.29. The van der Waals surface area contributed by atoms with E-state index in [1.807, 2.05) is 12.1 Å². The number of nitrogens with zero attached hydrogens (tertiary/aromatic N) is 4. The van der Waals surface area contributed by atoms with Crippen LogP contribution in [0.1, 0.15) is 48.8 Å². The van der Waals surface area contributed by atoms with Crippen molar-refractivity contribution in [2.24, 2.45) is 0 Å². The van der Waals surface area contributed by atoms with Gasteiger partial charge in [-0.3, -0.25) is 9.69 Å². The first-order valence-corrected chi connectivity index (χ1v) is 9.81. The van der Waals surface area contributed by atoms with Gasteiger partial charge in [0, 0.05) is 43.1 Å². The Hall–Kier alpha value is -2.28. The lowest BCUT2D eigenvalue weighted by Crippen LogP contribution is -2.56. The van der Waals surface area contributed by atoms with Crippen molar-refractivity contribution in [3.63, 3.8) is 0 Å². The Balaban J connectivity index is 1.30. The number of piperidine rings is 1. The topological polar surface area (TPSA) is 63.1 Å². The molecule has 1 aliphatic carbocycles. The average Bonchev–Trinajstić information content (AvgIpc) is 3.44. The third-order valence-corrected chi connectivity index (χ3v) is 6.07. The second-order valence-electron chi connectivity index (χ2n) is 8.19. The number of likely N-dealkylation sites (tertiary alicyclic amines) is 1. The van der Waals surface area contributed by atoms with Crippen LogP contribution in [-0.2, 0) is 24.3 Å². The van der Waals surface area contributed by atoms with Gasteiger partial charge in [0.2, 0.25) is 5.91 Å². The van der Waals surface area contributed by atoms with Crippen molar-refractivity contribution in [2.75, 3.05) is 13.1 Å². The van der Waals surface area contributed by atoms with E-state index in [0.717, 1.165) is 62.4 Å². The van der Waals surface area contributed by atoms with Crippen LogP contribution in [0.5, 0.6) is 0 Å². The van der Waals surface area contributed by atoms with Crippen LogP contribution in [0, 0.1) is 5.82 Å². The molecule has 3 heterocycles. The van der Waals surface area contributed by atoms with Gasteiger partial charge in [-0.15, -0.1) is 0 Å². The van der Waals surface area contributed by atoms with Crippen molar-refractivity contribution < 1.29 is 9.18 Å². The van der Waals surface area contributed by atoms with E-state index >= 15 is 0 Å². The third-order valence-electron chi connectivity index (χ3n) is 6.07. The number of nitrogens with one attached hydrogen (secondary N) is 1. The lowest BCUT2D eigenvalue weighted by atomic mass is 9.84. The maximum atomic E-state index is 13.9. The summed E-state index contributed by atoms with van der Waals surface area (Å²) in [6.45, 7) is 2.53. The molecule has 3 aliphatic rings. The van der Waals surface area contributed by atoms with Crippen molar-refractivity contribution in [3.8, 4) is 0 Å². The van der Waals surface area contributed by atoms with Crippen molar-refractivity contribution in [3.05, 3.63) is 47.3 Å². The van der Waals surface area contributed by atoms with Crippen LogP contribution in [0.3, 0.4) is 0 Å². The van der Waals surface area contributed by atoms with E-state index in [2.05, 4.69) is 15.3 Å². The van der Waals surface area contributed by atoms with Crippen LogP contribution >= 0.6 is 0 Å². The van der Waals surface area contributed by atoms with E-state index in [1.165, 1.54) is 6.07 Å². The standard InChI is InChI=1S/C20H24FN5O/c21-16-4-2-1-3-15(16)12-25-9-7-20(8-10-25)11-17-22-19(14-5-6-14)24-26(17)13-18(27)23-20/h1-4,14H,5-13H2,(H,23,27). The summed E-state index contributed by atoms with van der Waals surface area (Å²) in [7, 11) is 0. The predicted molar refractivity (Wildman–Crippen MR) is 97.5 cm³/mol. The van der Waals surface area contributed by atoms with Gasteiger partial charge in [-0.05, 0) is 31.7 Å². The van der Waals surface area contributed by atoms with Crippen molar-refractivity contribution in [1.82, 2.24) is 25.0 Å². The molecule has 0 atom stereocenters. The number of hydrogen-bond donors (Lipinski definition) is 1. The van der Waals surface area contributed by atoms with Crippen molar-refractivity contribution >= 4 is 5.91 Å². The fourth-order valence-corrected chi connectivity index (χ4v) is 4.29. The Bertz CT molecular complexity index is 867. The summed E-state index contributed by atoms with van der Waals surface area (Å²) < 4.78 is 15.7. The zero-order valence-corrected chi connectivity index (χ0v) is 15.3. The van der Waals surface area contributed by atoms with Gasteiger partial charge in [0.15, 0.2) is 5.82 Å². The van der Waals surface area contributed by atoms with Crippen LogP contribution in [0.15, 0.2) is 24.3 Å². The molecule has 1 spiro atoms. The van der Waals surface area contributed by atoms with Crippen LogP contribution < -0.4 is 5.32 Å². The zero-order chi connectivity index (χ0) is 18.4. The molecule has 0 radical (unpaired) electrons. The molecule has 1 saturated carbocycles. The molecule has 1 saturated heterocycles. The van der Waals surface area contributed by atoms with Gasteiger partial charge in [-0.1, -0.05) is 18.2 Å². The summed E-state index contributed by atoms with van der Waals surface area (Å²) in [6.07, 6.45) is 4.74. The smallest absolute Gasteiger partial charge is 0.242 e. The first-order chi connectivity index (χ1) is 13.1. The van der Waals surface area contributed by atoms with E-state index in [9.17, 15) is 9.18 Å². The molecule has 1 amide bonds. The number of aromatic nitrogens is 3. The van der Waals surface area contributed by atoms with E-state index in [4.69, 9.17) is 4.98 Å². The summed E-state index contributed by atoms with van der Waals surface area (Å²) in [4.78, 5) is 19.5. The molecular weight excluding hydrogens is 345 g/mol. The van der Waals surface area contributed by atoms with Crippen molar-refractivity contribution in [2.45, 2.75) is 56.7 Å². The average molecular weight is 369 g/mol. The molecule has 1 aromatic heterocycles. The highest BCUT2D eigenvalue weighted by atomic mass is 19.1.